The van der Waals surface area contributed by atoms with E-state index in [2.05, 4.69) is 24.0 Å². The molecule has 0 saturated carbocycles. The van der Waals surface area contributed by atoms with Gasteiger partial charge < -0.3 is 14.6 Å². The van der Waals surface area contributed by atoms with Gasteiger partial charge in [0.05, 0.1) is 26.2 Å². The van der Waals surface area contributed by atoms with Gasteiger partial charge in [-0.15, -0.1) is 0 Å². The second-order valence-electron chi connectivity index (χ2n) is 7.02. The summed E-state index contributed by atoms with van der Waals surface area (Å²) >= 11 is 0. The van der Waals surface area contributed by atoms with Gasteiger partial charge in [0.2, 0.25) is 0 Å². The molecule has 5 nitrogen and oxygen atoms in total. The van der Waals surface area contributed by atoms with Crippen LogP contribution in [0, 0.1) is 12.8 Å². The van der Waals surface area contributed by atoms with Gasteiger partial charge >= 0.3 is 5.97 Å². The van der Waals surface area contributed by atoms with Crippen LogP contribution in [0.4, 0.5) is 0 Å². The summed E-state index contributed by atoms with van der Waals surface area (Å²) < 4.78 is 11.1. The summed E-state index contributed by atoms with van der Waals surface area (Å²) in [4.78, 5) is 13.7. The zero-order chi connectivity index (χ0) is 19.4. The van der Waals surface area contributed by atoms with Crippen LogP contribution in [-0.4, -0.2) is 43.3 Å². The fourth-order valence-electron chi connectivity index (χ4n) is 3.91. The summed E-state index contributed by atoms with van der Waals surface area (Å²) in [7, 11) is 3.34. The molecule has 0 radical (unpaired) electrons. The van der Waals surface area contributed by atoms with Crippen molar-refractivity contribution in [1.29, 1.82) is 0 Å². The Labute approximate surface area is 160 Å². The van der Waals surface area contributed by atoms with E-state index in [1.807, 2.05) is 30.3 Å². The highest BCUT2D eigenvalue weighted by atomic mass is 16.5. The van der Waals surface area contributed by atoms with E-state index in [0.717, 1.165) is 30.2 Å². The highest BCUT2D eigenvalue weighted by molar-refractivity contribution is 5.70. The third-order valence-electron chi connectivity index (χ3n) is 5.46. The Bertz CT molecular complexity index is 797. The average molecular weight is 369 g/mol. The number of carboxylic acid groups (broad SMARTS) is 1. The molecule has 0 amide bonds. The van der Waals surface area contributed by atoms with Gasteiger partial charge in [-0.3, -0.25) is 9.69 Å². The molecular weight excluding hydrogens is 342 g/mol. The number of benzene rings is 2. The second-order valence-corrected chi connectivity index (χ2v) is 7.02. The Kier molecular flexibility index (Phi) is 6.01. The third kappa shape index (κ3) is 4.08. The monoisotopic (exact) mass is 369 g/mol. The maximum atomic E-state index is 11.4. The lowest BCUT2D eigenvalue weighted by molar-refractivity contribution is -0.143. The summed E-state index contributed by atoms with van der Waals surface area (Å²) in [6.07, 6.45) is 1.31. The molecule has 144 valence electrons. The number of rotatable bonds is 6. The first kappa shape index (κ1) is 19.2. The van der Waals surface area contributed by atoms with Crippen LogP contribution < -0.4 is 9.47 Å². The third-order valence-corrected chi connectivity index (χ3v) is 5.46. The molecule has 27 heavy (non-hydrogen) atoms. The summed E-state index contributed by atoms with van der Waals surface area (Å²) in [5.74, 6) is 0.640. The van der Waals surface area contributed by atoms with Crippen molar-refractivity contribution in [2.45, 2.75) is 25.8 Å². The molecule has 2 aromatic carbocycles. The van der Waals surface area contributed by atoms with Gasteiger partial charge in [-0.05, 0) is 62.2 Å². The van der Waals surface area contributed by atoms with E-state index in [4.69, 9.17) is 9.47 Å². The van der Waals surface area contributed by atoms with Crippen molar-refractivity contribution in [1.82, 2.24) is 4.90 Å². The van der Waals surface area contributed by atoms with Gasteiger partial charge in [0.1, 0.15) is 11.5 Å². The van der Waals surface area contributed by atoms with E-state index >= 15 is 0 Å². The van der Waals surface area contributed by atoms with Gasteiger partial charge in [0.15, 0.2) is 0 Å². The maximum absolute atomic E-state index is 11.4. The van der Waals surface area contributed by atoms with Gasteiger partial charge in [0.25, 0.3) is 0 Å². The number of nitrogens with zero attached hydrogens (tertiary/aromatic N) is 1. The average Bonchev–Trinajstić information content (AvgIpc) is 2.70. The Hall–Kier alpha value is -2.53. The topological polar surface area (TPSA) is 59.0 Å². The standard InChI is InChI=1S/C22H27NO4/c1-15-6-4-5-7-18(15)21(23-12-10-16(11-13-23)22(24)25)19-14-17(26-2)8-9-20(19)27-3/h4-9,14,16,21H,10-13H2,1-3H3,(H,24,25). The molecule has 1 unspecified atom stereocenters. The molecule has 3 rings (SSSR count). The predicted octanol–water partition coefficient (Wildman–Crippen LogP) is 3.90. The Morgan fingerprint density at radius 1 is 1.07 bits per heavy atom. The van der Waals surface area contributed by atoms with Crippen LogP contribution in [0.15, 0.2) is 42.5 Å². The minimum absolute atomic E-state index is 0.00834. The Morgan fingerprint density at radius 3 is 2.37 bits per heavy atom. The van der Waals surface area contributed by atoms with Gasteiger partial charge in [-0.2, -0.15) is 0 Å². The van der Waals surface area contributed by atoms with Crippen molar-refractivity contribution in [3.63, 3.8) is 0 Å². The number of ether oxygens (including phenoxy) is 2. The van der Waals surface area contributed by atoms with E-state index in [1.54, 1.807) is 14.2 Å². The number of methoxy groups -OCH3 is 2. The van der Waals surface area contributed by atoms with Crippen LogP contribution in [0.25, 0.3) is 0 Å². The number of aryl methyl sites for hydroxylation is 1. The second kappa shape index (κ2) is 8.44. The molecule has 1 aliphatic rings. The van der Waals surface area contributed by atoms with E-state index in [0.29, 0.717) is 12.8 Å². The molecule has 2 aromatic rings. The fraction of sp³-hybridized carbons (Fsp3) is 0.409. The SMILES string of the molecule is COc1ccc(OC)c(C(c2ccccc2C)N2CCC(C(=O)O)CC2)c1. The fourth-order valence-corrected chi connectivity index (χ4v) is 3.91. The minimum Gasteiger partial charge on any atom is -0.497 e. The largest absolute Gasteiger partial charge is 0.497 e. The summed E-state index contributed by atoms with van der Waals surface area (Å²) in [5, 5.41) is 9.34. The van der Waals surface area contributed by atoms with Crippen LogP contribution >= 0.6 is 0 Å². The Morgan fingerprint density at radius 2 is 1.78 bits per heavy atom. The molecular formula is C22H27NO4. The molecule has 0 aromatic heterocycles. The zero-order valence-electron chi connectivity index (χ0n) is 16.1. The highest BCUT2D eigenvalue weighted by Gasteiger charge is 2.32. The smallest absolute Gasteiger partial charge is 0.306 e. The number of aliphatic carboxylic acids is 1. The van der Waals surface area contributed by atoms with E-state index in [9.17, 15) is 9.90 Å². The van der Waals surface area contributed by atoms with E-state index in [-0.39, 0.29) is 12.0 Å². The number of carbonyl (C=O) groups is 1. The lowest BCUT2D eigenvalue weighted by Crippen LogP contribution is -2.39. The van der Waals surface area contributed by atoms with E-state index in [1.165, 1.54) is 11.1 Å². The lowest BCUT2D eigenvalue weighted by atomic mass is 9.89. The molecule has 0 spiro atoms. The molecule has 0 aliphatic carbocycles. The number of piperidine rings is 1. The summed E-state index contributed by atoms with van der Waals surface area (Å²) in [6.45, 7) is 3.58. The van der Waals surface area contributed by atoms with Crippen molar-refractivity contribution in [2.75, 3.05) is 27.3 Å². The number of likely N-dealkylation sites (tertiary alicyclic amines) is 1. The minimum atomic E-state index is -0.693. The van der Waals surface area contributed by atoms with Gasteiger partial charge in [0, 0.05) is 5.56 Å². The molecule has 1 saturated heterocycles. The summed E-state index contributed by atoms with van der Waals surface area (Å²) in [5.41, 5.74) is 3.45. The molecule has 1 fully saturated rings. The number of hydrogen-bond donors (Lipinski definition) is 1. The summed E-state index contributed by atoms with van der Waals surface area (Å²) in [6, 6.07) is 14.2. The highest BCUT2D eigenvalue weighted by Crippen LogP contribution is 2.39. The number of carboxylic acids is 1. The Balaban J connectivity index is 2.04. The van der Waals surface area contributed by atoms with Crippen LogP contribution in [0.5, 0.6) is 11.5 Å². The van der Waals surface area contributed by atoms with Gasteiger partial charge in [-0.25, -0.2) is 0 Å². The molecule has 1 N–H and O–H groups in total. The predicted molar refractivity (Wildman–Crippen MR) is 105 cm³/mol. The van der Waals surface area contributed by atoms with Crippen molar-refractivity contribution < 1.29 is 19.4 Å². The molecule has 1 heterocycles. The van der Waals surface area contributed by atoms with E-state index < -0.39 is 5.97 Å². The molecule has 1 aliphatic heterocycles. The molecule has 0 bridgehead atoms. The first-order chi connectivity index (χ1) is 13.0. The maximum Gasteiger partial charge on any atom is 0.306 e. The zero-order valence-corrected chi connectivity index (χ0v) is 16.1. The quantitative estimate of drug-likeness (QED) is 0.837. The van der Waals surface area contributed by atoms with Crippen LogP contribution in [-0.2, 0) is 4.79 Å². The first-order valence-corrected chi connectivity index (χ1v) is 9.29. The van der Waals surface area contributed by atoms with Crippen molar-refractivity contribution in [3.05, 3.63) is 59.2 Å². The van der Waals surface area contributed by atoms with Gasteiger partial charge in [-0.1, -0.05) is 24.3 Å². The lowest BCUT2D eigenvalue weighted by Gasteiger charge is -2.38. The number of hydrogen-bond acceptors (Lipinski definition) is 4. The van der Waals surface area contributed by atoms with Crippen molar-refractivity contribution in [3.8, 4) is 11.5 Å². The van der Waals surface area contributed by atoms with Crippen LogP contribution in [0.3, 0.4) is 0 Å². The molecule has 5 heteroatoms. The van der Waals surface area contributed by atoms with Crippen molar-refractivity contribution >= 4 is 5.97 Å². The molecule has 1 atom stereocenters. The van der Waals surface area contributed by atoms with Crippen LogP contribution in [0.2, 0.25) is 0 Å². The normalized spacial score (nSPS) is 16.7. The van der Waals surface area contributed by atoms with Crippen molar-refractivity contribution in [2.24, 2.45) is 5.92 Å². The first-order valence-electron chi connectivity index (χ1n) is 9.29. The van der Waals surface area contributed by atoms with Crippen LogP contribution in [0.1, 0.15) is 35.6 Å².